The first-order chi connectivity index (χ1) is 5.24. The molecule has 0 radical (unpaired) electrons. The Hall–Kier alpha value is -1.62. The predicted molar refractivity (Wildman–Crippen MR) is 47.8 cm³/mol. The quantitative estimate of drug-likeness (QED) is 0.459. The molecule has 0 aromatic heterocycles. The Morgan fingerprint density at radius 1 is 1.36 bits per heavy atom. The first-order valence-corrected chi connectivity index (χ1v) is 3.31. The van der Waals surface area contributed by atoms with E-state index >= 15 is 0 Å². The molecule has 11 heavy (non-hydrogen) atoms. The molecule has 0 aliphatic heterocycles. The van der Waals surface area contributed by atoms with Crippen molar-refractivity contribution >= 4 is 11.4 Å². The average molecular weight is 146 g/mol. The lowest BCUT2D eigenvalue weighted by Crippen LogP contribution is -1.95. The lowest BCUT2D eigenvalue weighted by Gasteiger charge is -2.01. The van der Waals surface area contributed by atoms with Gasteiger partial charge in [0.05, 0.1) is 0 Å². The van der Waals surface area contributed by atoms with Crippen LogP contribution in [-0.2, 0) is 6.42 Å². The van der Waals surface area contributed by atoms with Crippen molar-refractivity contribution in [3.05, 3.63) is 23.8 Å². The number of hydrogen-bond acceptors (Lipinski definition) is 2. The van der Waals surface area contributed by atoms with Gasteiger partial charge in [-0.25, -0.2) is 0 Å². The number of rotatable bonds is 1. The molecule has 0 saturated heterocycles. The van der Waals surface area contributed by atoms with Crippen molar-refractivity contribution in [2.24, 2.45) is 0 Å². The van der Waals surface area contributed by atoms with Crippen LogP contribution in [0.25, 0.3) is 0 Å². The molecule has 0 bridgehead atoms. The van der Waals surface area contributed by atoms with Gasteiger partial charge in [-0.2, -0.15) is 0 Å². The summed E-state index contributed by atoms with van der Waals surface area (Å²) in [6, 6.07) is 5.33. The van der Waals surface area contributed by atoms with E-state index in [-0.39, 0.29) is 0 Å². The lowest BCUT2D eigenvalue weighted by molar-refractivity contribution is 1.33. The van der Waals surface area contributed by atoms with E-state index in [4.69, 9.17) is 17.9 Å². The maximum Gasteiger partial charge on any atom is 0.0358 e. The van der Waals surface area contributed by atoms with E-state index in [9.17, 15) is 0 Å². The van der Waals surface area contributed by atoms with Crippen LogP contribution in [0.5, 0.6) is 0 Å². The van der Waals surface area contributed by atoms with Crippen LogP contribution in [0.4, 0.5) is 11.4 Å². The van der Waals surface area contributed by atoms with Gasteiger partial charge >= 0.3 is 0 Å². The number of nitrogens with two attached hydrogens (primary N) is 2. The second-order valence-corrected chi connectivity index (χ2v) is 2.34. The second kappa shape index (κ2) is 2.98. The molecule has 0 fully saturated rings. The summed E-state index contributed by atoms with van der Waals surface area (Å²) in [6.07, 6.45) is 5.67. The van der Waals surface area contributed by atoms with Gasteiger partial charge in [-0.15, -0.1) is 12.3 Å². The normalized spacial score (nSPS) is 9.00. The van der Waals surface area contributed by atoms with E-state index in [1.165, 1.54) is 0 Å². The zero-order chi connectivity index (χ0) is 8.27. The van der Waals surface area contributed by atoms with Crippen LogP contribution in [0.3, 0.4) is 0 Å². The Bertz CT molecular complexity index is 297. The van der Waals surface area contributed by atoms with E-state index in [1.807, 2.05) is 0 Å². The van der Waals surface area contributed by atoms with Gasteiger partial charge in [0, 0.05) is 17.8 Å². The predicted octanol–water partition coefficient (Wildman–Crippen LogP) is 1.03. The summed E-state index contributed by atoms with van der Waals surface area (Å²) in [5, 5.41) is 0. The van der Waals surface area contributed by atoms with Gasteiger partial charge < -0.3 is 11.5 Å². The maximum atomic E-state index is 5.62. The van der Waals surface area contributed by atoms with Crippen molar-refractivity contribution in [2.45, 2.75) is 6.42 Å². The molecule has 0 heterocycles. The zero-order valence-corrected chi connectivity index (χ0v) is 6.17. The largest absolute Gasteiger partial charge is 0.399 e. The van der Waals surface area contributed by atoms with Crippen LogP contribution in [0, 0.1) is 12.3 Å². The number of benzene rings is 1. The highest BCUT2D eigenvalue weighted by atomic mass is 14.6. The smallest absolute Gasteiger partial charge is 0.0358 e. The van der Waals surface area contributed by atoms with Crippen LogP contribution in [0.2, 0.25) is 0 Å². The van der Waals surface area contributed by atoms with Gasteiger partial charge in [0.1, 0.15) is 0 Å². The Kier molecular flexibility index (Phi) is 2.03. The Labute approximate surface area is 66.2 Å². The molecule has 2 heteroatoms. The highest BCUT2D eigenvalue weighted by molar-refractivity contribution is 5.56. The van der Waals surface area contributed by atoms with Crippen LogP contribution in [0.15, 0.2) is 18.2 Å². The SMILES string of the molecule is C#CCc1cc(N)ccc1N. The summed E-state index contributed by atoms with van der Waals surface area (Å²) in [6.45, 7) is 0. The molecule has 1 aromatic carbocycles. The molecule has 0 aliphatic carbocycles. The monoisotopic (exact) mass is 146 g/mol. The fraction of sp³-hybridized carbons (Fsp3) is 0.111. The van der Waals surface area contributed by atoms with E-state index in [0.717, 1.165) is 5.56 Å². The molecular formula is C9H10N2. The molecule has 0 unspecified atom stereocenters. The molecule has 0 saturated carbocycles. The topological polar surface area (TPSA) is 52.0 Å². The molecule has 0 amide bonds. The highest BCUT2D eigenvalue weighted by Crippen LogP contribution is 2.15. The van der Waals surface area contributed by atoms with Crippen LogP contribution in [0.1, 0.15) is 5.56 Å². The second-order valence-electron chi connectivity index (χ2n) is 2.34. The zero-order valence-electron chi connectivity index (χ0n) is 6.17. The Morgan fingerprint density at radius 2 is 2.09 bits per heavy atom. The van der Waals surface area contributed by atoms with Crippen molar-refractivity contribution in [3.63, 3.8) is 0 Å². The summed E-state index contributed by atoms with van der Waals surface area (Å²) in [4.78, 5) is 0. The fourth-order valence-electron chi connectivity index (χ4n) is 0.889. The standard InChI is InChI=1S/C9H10N2/c1-2-3-7-6-8(10)4-5-9(7)11/h1,4-6H,3,10-11H2. The molecule has 2 nitrogen and oxygen atoms in total. The highest BCUT2D eigenvalue weighted by Gasteiger charge is 1.96. The minimum atomic E-state index is 0.539. The summed E-state index contributed by atoms with van der Waals surface area (Å²) < 4.78 is 0. The Balaban J connectivity index is 3.05. The van der Waals surface area contributed by atoms with Gasteiger partial charge in [0.15, 0.2) is 0 Å². The van der Waals surface area contributed by atoms with E-state index < -0.39 is 0 Å². The van der Waals surface area contributed by atoms with Crippen LogP contribution >= 0.6 is 0 Å². The van der Waals surface area contributed by atoms with Crippen molar-refractivity contribution in [1.29, 1.82) is 0 Å². The van der Waals surface area contributed by atoms with Crippen LogP contribution < -0.4 is 11.5 Å². The molecule has 0 atom stereocenters. The number of hydrogen-bond donors (Lipinski definition) is 2. The summed E-state index contributed by atoms with van der Waals surface area (Å²) >= 11 is 0. The molecule has 4 N–H and O–H groups in total. The third-order valence-corrected chi connectivity index (χ3v) is 1.46. The minimum Gasteiger partial charge on any atom is -0.399 e. The lowest BCUT2D eigenvalue weighted by atomic mass is 10.1. The number of anilines is 2. The molecular weight excluding hydrogens is 136 g/mol. The van der Waals surface area contributed by atoms with E-state index in [2.05, 4.69) is 5.92 Å². The molecule has 0 spiro atoms. The molecule has 1 aromatic rings. The van der Waals surface area contributed by atoms with E-state index in [1.54, 1.807) is 18.2 Å². The van der Waals surface area contributed by atoms with Gasteiger partial charge in [-0.1, -0.05) is 0 Å². The first kappa shape index (κ1) is 7.49. The minimum absolute atomic E-state index is 0.539. The summed E-state index contributed by atoms with van der Waals surface area (Å²) in [5.41, 5.74) is 13.5. The third kappa shape index (κ3) is 1.65. The van der Waals surface area contributed by atoms with Gasteiger partial charge in [0.2, 0.25) is 0 Å². The summed E-state index contributed by atoms with van der Waals surface area (Å²) in [7, 11) is 0. The molecule has 1 rings (SSSR count). The summed E-state index contributed by atoms with van der Waals surface area (Å²) in [5.74, 6) is 2.52. The third-order valence-electron chi connectivity index (χ3n) is 1.46. The number of terminal acetylenes is 1. The van der Waals surface area contributed by atoms with Crippen molar-refractivity contribution in [3.8, 4) is 12.3 Å². The molecule has 0 aliphatic rings. The number of nitrogen functional groups attached to an aromatic ring is 2. The van der Waals surface area contributed by atoms with Crippen molar-refractivity contribution < 1.29 is 0 Å². The van der Waals surface area contributed by atoms with Crippen molar-refractivity contribution in [1.82, 2.24) is 0 Å². The van der Waals surface area contributed by atoms with Gasteiger partial charge in [-0.3, -0.25) is 0 Å². The Morgan fingerprint density at radius 3 is 2.73 bits per heavy atom. The molecule has 56 valence electrons. The van der Waals surface area contributed by atoms with Gasteiger partial charge in [-0.05, 0) is 23.8 Å². The van der Waals surface area contributed by atoms with Crippen LogP contribution in [-0.4, -0.2) is 0 Å². The first-order valence-electron chi connectivity index (χ1n) is 3.31. The van der Waals surface area contributed by atoms with Gasteiger partial charge in [0.25, 0.3) is 0 Å². The fourth-order valence-corrected chi connectivity index (χ4v) is 0.889. The van der Waals surface area contributed by atoms with E-state index in [0.29, 0.717) is 17.8 Å². The maximum absolute atomic E-state index is 5.62. The average Bonchev–Trinajstić information content (AvgIpc) is 1.98. The van der Waals surface area contributed by atoms with Crippen molar-refractivity contribution in [2.75, 3.05) is 11.5 Å².